The van der Waals surface area contributed by atoms with Crippen molar-refractivity contribution < 1.29 is 18.3 Å². The molecule has 2 N–H and O–H groups in total. The number of hydrogen-bond acceptors (Lipinski definition) is 4. The molecule has 1 saturated heterocycles. The van der Waals surface area contributed by atoms with E-state index in [-0.39, 0.29) is 6.61 Å². The maximum absolute atomic E-state index is 12.1. The van der Waals surface area contributed by atoms with Gasteiger partial charge in [-0.25, -0.2) is 13.1 Å². The summed E-state index contributed by atoms with van der Waals surface area (Å²) < 4.78 is 32.0. The van der Waals surface area contributed by atoms with Crippen LogP contribution in [0.4, 0.5) is 0 Å². The number of sulfonamides is 1. The molecule has 2 rings (SSSR count). The Balaban J connectivity index is 2.08. The molecule has 5 nitrogen and oxygen atoms in total. The smallest absolute Gasteiger partial charge is 0.234 e. The molecule has 0 unspecified atom stereocenters. The lowest BCUT2D eigenvalue weighted by Gasteiger charge is -2.35. The molecule has 1 fully saturated rings. The van der Waals surface area contributed by atoms with E-state index in [9.17, 15) is 13.5 Å². The molecule has 1 aliphatic rings. The third-order valence-corrected chi connectivity index (χ3v) is 4.56. The summed E-state index contributed by atoms with van der Waals surface area (Å²) >= 11 is 0. The summed E-state index contributed by atoms with van der Waals surface area (Å²) in [6.07, 6.45) is 2.48. The third-order valence-electron chi connectivity index (χ3n) is 3.35. The standard InChI is InChI=1S/C14H19NO4S/c16-12-14(7-9-19-10-8-14)15-20(17,18)11-6-13-4-2-1-3-5-13/h1-6,11,15-16H,7-10,12H2/b11-6+. The zero-order valence-corrected chi connectivity index (χ0v) is 12.0. The van der Waals surface area contributed by atoms with E-state index < -0.39 is 15.6 Å². The minimum absolute atomic E-state index is 0.227. The minimum atomic E-state index is -3.60. The van der Waals surface area contributed by atoms with E-state index in [1.807, 2.05) is 30.3 Å². The fourth-order valence-electron chi connectivity index (χ4n) is 2.12. The number of aliphatic hydroxyl groups excluding tert-OH is 1. The molecule has 1 heterocycles. The molecule has 0 bridgehead atoms. The van der Waals surface area contributed by atoms with Crippen LogP contribution in [0, 0.1) is 0 Å². The zero-order valence-electron chi connectivity index (χ0n) is 11.2. The van der Waals surface area contributed by atoms with Crippen molar-refractivity contribution in [2.45, 2.75) is 18.4 Å². The van der Waals surface area contributed by atoms with Gasteiger partial charge in [0.25, 0.3) is 0 Å². The lowest BCUT2D eigenvalue weighted by atomic mass is 9.93. The van der Waals surface area contributed by atoms with Gasteiger partial charge in [-0.15, -0.1) is 0 Å². The molecule has 0 saturated carbocycles. The molecule has 0 radical (unpaired) electrons. The van der Waals surface area contributed by atoms with Crippen LogP contribution in [0.25, 0.3) is 6.08 Å². The first kappa shape index (κ1) is 15.2. The molecule has 20 heavy (non-hydrogen) atoms. The van der Waals surface area contributed by atoms with E-state index in [0.29, 0.717) is 26.1 Å². The number of ether oxygens (including phenoxy) is 1. The van der Waals surface area contributed by atoms with Crippen molar-refractivity contribution in [2.75, 3.05) is 19.8 Å². The van der Waals surface area contributed by atoms with Gasteiger partial charge in [0, 0.05) is 18.6 Å². The van der Waals surface area contributed by atoms with E-state index in [2.05, 4.69) is 4.72 Å². The molecule has 6 heteroatoms. The van der Waals surface area contributed by atoms with Crippen LogP contribution in [-0.2, 0) is 14.8 Å². The second-order valence-corrected chi connectivity index (χ2v) is 6.48. The fourth-order valence-corrected chi connectivity index (χ4v) is 3.40. The number of nitrogens with one attached hydrogen (secondary N) is 1. The van der Waals surface area contributed by atoms with Crippen LogP contribution in [0.2, 0.25) is 0 Å². The molecule has 0 spiro atoms. The molecule has 1 aromatic carbocycles. The summed E-state index contributed by atoms with van der Waals surface area (Å²) in [5, 5.41) is 10.6. The molecular formula is C14H19NO4S. The van der Waals surface area contributed by atoms with Crippen LogP contribution in [-0.4, -0.2) is 38.9 Å². The van der Waals surface area contributed by atoms with E-state index in [1.54, 1.807) is 0 Å². The van der Waals surface area contributed by atoms with Crippen molar-refractivity contribution in [2.24, 2.45) is 0 Å². The molecule has 1 aliphatic heterocycles. The van der Waals surface area contributed by atoms with Crippen LogP contribution in [0.5, 0.6) is 0 Å². The van der Waals surface area contributed by atoms with E-state index in [4.69, 9.17) is 4.74 Å². The molecule has 0 amide bonds. The first-order valence-electron chi connectivity index (χ1n) is 6.51. The summed E-state index contributed by atoms with van der Waals surface area (Å²) in [4.78, 5) is 0. The summed E-state index contributed by atoms with van der Waals surface area (Å²) in [6, 6.07) is 9.19. The molecule has 0 aliphatic carbocycles. The maximum atomic E-state index is 12.1. The van der Waals surface area contributed by atoms with Gasteiger partial charge in [0.05, 0.1) is 12.1 Å². The van der Waals surface area contributed by atoms with Crippen molar-refractivity contribution in [1.29, 1.82) is 0 Å². The number of rotatable bonds is 5. The first-order valence-corrected chi connectivity index (χ1v) is 8.06. The largest absolute Gasteiger partial charge is 0.394 e. The van der Waals surface area contributed by atoms with E-state index in [0.717, 1.165) is 11.0 Å². The van der Waals surface area contributed by atoms with Crippen molar-refractivity contribution >= 4 is 16.1 Å². The average molecular weight is 297 g/mol. The summed E-state index contributed by atoms with van der Waals surface area (Å²) in [6.45, 7) is 0.672. The number of hydrogen-bond donors (Lipinski definition) is 2. The van der Waals surface area contributed by atoms with E-state index in [1.165, 1.54) is 6.08 Å². The predicted molar refractivity (Wildman–Crippen MR) is 77.4 cm³/mol. The Hall–Kier alpha value is -1.21. The van der Waals surface area contributed by atoms with Gasteiger partial charge >= 0.3 is 0 Å². The maximum Gasteiger partial charge on any atom is 0.234 e. The third kappa shape index (κ3) is 4.14. The number of aliphatic hydroxyl groups is 1. The Morgan fingerprint density at radius 1 is 1.25 bits per heavy atom. The van der Waals surface area contributed by atoms with Gasteiger partial charge in [0.1, 0.15) is 0 Å². The quantitative estimate of drug-likeness (QED) is 0.854. The van der Waals surface area contributed by atoms with Crippen LogP contribution in [0.3, 0.4) is 0 Å². The first-order chi connectivity index (χ1) is 9.55. The molecule has 0 atom stereocenters. The van der Waals surface area contributed by atoms with Crippen LogP contribution >= 0.6 is 0 Å². The van der Waals surface area contributed by atoms with Gasteiger partial charge in [-0.3, -0.25) is 0 Å². The minimum Gasteiger partial charge on any atom is -0.394 e. The highest BCUT2D eigenvalue weighted by atomic mass is 32.2. The van der Waals surface area contributed by atoms with Gasteiger partial charge in [-0.1, -0.05) is 30.3 Å². The Labute approximate surface area is 119 Å². The van der Waals surface area contributed by atoms with Gasteiger partial charge in [0.2, 0.25) is 10.0 Å². The Kier molecular flexibility index (Phi) is 4.93. The zero-order chi connectivity index (χ0) is 14.5. The highest BCUT2D eigenvalue weighted by Crippen LogP contribution is 2.21. The lowest BCUT2D eigenvalue weighted by Crippen LogP contribution is -2.53. The van der Waals surface area contributed by atoms with Gasteiger partial charge in [0.15, 0.2) is 0 Å². The average Bonchev–Trinajstić information content (AvgIpc) is 2.47. The summed E-state index contributed by atoms with van der Waals surface area (Å²) in [7, 11) is -3.60. The van der Waals surface area contributed by atoms with Gasteiger partial charge < -0.3 is 9.84 Å². The summed E-state index contributed by atoms with van der Waals surface area (Å²) in [5.41, 5.74) is 0.000812. The van der Waals surface area contributed by atoms with E-state index >= 15 is 0 Å². The van der Waals surface area contributed by atoms with Crippen LogP contribution in [0.15, 0.2) is 35.7 Å². The van der Waals surface area contributed by atoms with Crippen molar-refractivity contribution in [3.63, 3.8) is 0 Å². The monoisotopic (exact) mass is 297 g/mol. The fraction of sp³-hybridized carbons (Fsp3) is 0.429. The Morgan fingerprint density at radius 3 is 2.50 bits per heavy atom. The van der Waals surface area contributed by atoms with Crippen LogP contribution < -0.4 is 4.72 Å². The molecule has 110 valence electrons. The Bertz CT molecular complexity index is 548. The molecule has 1 aromatic rings. The highest BCUT2D eigenvalue weighted by Gasteiger charge is 2.35. The second kappa shape index (κ2) is 6.49. The highest BCUT2D eigenvalue weighted by molar-refractivity contribution is 7.92. The molecule has 0 aromatic heterocycles. The normalized spacial score (nSPS) is 19.2. The molecular weight excluding hydrogens is 278 g/mol. The topological polar surface area (TPSA) is 75.6 Å². The van der Waals surface area contributed by atoms with Gasteiger partial charge in [-0.05, 0) is 24.5 Å². The second-order valence-electron chi connectivity index (χ2n) is 4.91. The van der Waals surface area contributed by atoms with Crippen molar-refractivity contribution in [1.82, 2.24) is 4.72 Å². The summed E-state index contributed by atoms with van der Waals surface area (Å²) in [5.74, 6) is 0. The van der Waals surface area contributed by atoms with Crippen LogP contribution in [0.1, 0.15) is 18.4 Å². The number of benzene rings is 1. The lowest BCUT2D eigenvalue weighted by molar-refractivity contribution is 0.0224. The van der Waals surface area contributed by atoms with Crippen molar-refractivity contribution in [3.8, 4) is 0 Å². The Morgan fingerprint density at radius 2 is 1.90 bits per heavy atom. The predicted octanol–water partition coefficient (Wildman–Crippen LogP) is 1.12. The SMILES string of the molecule is O=S(=O)(/C=C/c1ccccc1)NC1(CO)CCOCC1. The van der Waals surface area contributed by atoms with Gasteiger partial charge in [-0.2, -0.15) is 0 Å². The van der Waals surface area contributed by atoms with Crippen molar-refractivity contribution in [3.05, 3.63) is 41.3 Å².